The number of halogens is 1. The first-order valence-corrected chi connectivity index (χ1v) is 14.5. The van der Waals surface area contributed by atoms with Gasteiger partial charge in [-0.1, -0.05) is 35.9 Å². The maximum atomic E-state index is 13.4. The molecular weight excluding hydrogens is 526 g/mol. The van der Waals surface area contributed by atoms with E-state index in [1.807, 2.05) is 12.1 Å². The van der Waals surface area contributed by atoms with E-state index in [0.29, 0.717) is 30.3 Å². The molecular formula is C28H32ClN3O5S. The van der Waals surface area contributed by atoms with Crippen LogP contribution in [0.25, 0.3) is 0 Å². The van der Waals surface area contributed by atoms with Crippen LogP contribution in [0.2, 0.25) is 5.02 Å². The van der Waals surface area contributed by atoms with Gasteiger partial charge in [0.15, 0.2) is 0 Å². The van der Waals surface area contributed by atoms with Gasteiger partial charge in [-0.2, -0.15) is 4.31 Å². The van der Waals surface area contributed by atoms with Crippen LogP contribution >= 0.6 is 11.6 Å². The van der Waals surface area contributed by atoms with E-state index in [4.69, 9.17) is 16.0 Å². The van der Waals surface area contributed by atoms with E-state index in [2.05, 4.69) is 5.32 Å². The highest BCUT2D eigenvalue weighted by atomic mass is 35.5. The van der Waals surface area contributed by atoms with Gasteiger partial charge in [-0.3, -0.25) is 9.59 Å². The molecule has 0 saturated carbocycles. The highest BCUT2D eigenvalue weighted by Gasteiger charge is 2.28. The third kappa shape index (κ3) is 7.03. The molecule has 1 atom stereocenters. The number of carbonyl (C=O) groups excluding carboxylic acids is 2. The standard InChI is InChI=1S/C28H32ClN3O5S/c1-21(28(34)30-19-25-5-4-18-37-25)32(20-23-6-11-24(29)12-7-23)27(33)15-10-22-8-13-26(14-9-22)38(35,36)31-16-2-3-17-31/h4-9,11-14,18,21H,2-3,10,15-17,19-20H2,1H3,(H,30,34)/t21-/m0/s1. The summed E-state index contributed by atoms with van der Waals surface area (Å²) in [7, 11) is -3.48. The summed E-state index contributed by atoms with van der Waals surface area (Å²) >= 11 is 6.01. The number of amides is 2. The number of hydrogen-bond donors (Lipinski definition) is 1. The van der Waals surface area contributed by atoms with Crippen LogP contribution in [0.5, 0.6) is 0 Å². The van der Waals surface area contributed by atoms with Crippen molar-refractivity contribution in [3.8, 4) is 0 Å². The second-order valence-corrected chi connectivity index (χ2v) is 11.8. The Morgan fingerprint density at radius 1 is 1.03 bits per heavy atom. The average molecular weight is 558 g/mol. The predicted molar refractivity (Wildman–Crippen MR) is 145 cm³/mol. The largest absolute Gasteiger partial charge is 0.467 e. The molecule has 0 bridgehead atoms. The van der Waals surface area contributed by atoms with Crippen molar-refractivity contribution in [1.82, 2.24) is 14.5 Å². The summed E-state index contributed by atoms with van der Waals surface area (Å²) in [6.07, 6.45) is 3.88. The third-order valence-electron chi connectivity index (χ3n) is 6.70. The van der Waals surface area contributed by atoms with Crippen LogP contribution in [0.1, 0.15) is 43.1 Å². The number of benzene rings is 2. The molecule has 38 heavy (non-hydrogen) atoms. The molecule has 1 fully saturated rings. The molecule has 2 aromatic carbocycles. The molecule has 10 heteroatoms. The van der Waals surface area contributed by atoms with Crippen molar-refractivity contribution in [2.75, 3.05) is 13.1 Å². The van der Waals surface area contributed by atoms with Crippen LogP contribution in [-0.4, -0.2) is 48.6 Å². The summed E-state index contributed by atoms with van der Waals surface area (Å²) in [6.45, 7) is 3.28. The van der Waals surface area contributed by atoms with Gasteiger partial charge in [-0.05, 0) is 73.7 Å². The van der Waals surface area contributed by atoms with Crippen LogP contribution < -0.4 is 5.32 Å². The highest BCUT2D eigenvalue weighted by molar-refractivity contribution is 7.89. The van der Waals surface area contributed by atoms with Crippen LogP contribution in [0.15, 0.2) is 76.2 Å². The Bertz CT molecular complexity index is 1320. The first-order valence-electron chi connectivity index (χ1n) is 12.7. The molecule has 1 N–H and O–H groups in total. The van der Waals surface area contributed by atoms with Crippen molar-refractivity contribution in [3.05, 3.63) is 88.8 Å². The molecule has 2 heterocycles. The van der Waals surface area contributed by atoms with Gasteiger partial charge in [0, 0.05) is 31.1 Å². The molecule has 4 rings (SSSR count). The maximum Gasteiger partial charge on any atom is 0.243 e. The summed E-state index contributed by atoms with van der Waals surface area (Å²) in [4.78, 5) is 28.1. The number of nitrogens with one attached hydrogen (secondary N) is 1. The van der Waals surface area contributed by atoms with Crippen LogP contribution in [0.4, 0.5) is 0 Å². The number of furan rings is 1. The van der Waals surface area contributed by atoms with Gasteiger partial charge in [-0.25, -0.2) is 8.42 Å². The number of nitrogens with zero attached hydrogens (tertiary/aromatic N) is 2. The highest BCUT2D eigenvalue weighted by Crippen LogP contribution is 2.22. The molecule has 1 aliphatic heterocycles. The Kier molecular flexibility index (Phi) is 9.25. The number of rotatable bonds is 11. The molecule has 8 nitrogen and oxygen atoms in total. The summed E-state index contributed by atoms with van der Waals surface area (Å²) < 4.78 is 32.3. The first-order chi connectivity index (χ1) is 18.2. The normalized spacial score (nSPS) is 14.8. The lowest BCUT2D eigenvalue weighted by atomic mass is 10.1. The molecule has 1 saturated heterocycles. The van der Waals surface area contributed by atoms with Gasteiger partial charge in [0.1, 0.15) is 11.8 Å². The molecule has 1 aromatic heterocycles. The van der Waals surface area contributed by atoms with E-state index in [1.165, 1.54) is 10.6 Å². The number of hydrogen-bond acceptors (Lipinski definition) is 5. The van der Waals surface area contributed by atoms with Gasteiger partial charge in [0.05, 0.1) is 17.7 Å². The Morgan fingerprint density at radius 2 is 1.68 bits per heavy atom. The van der Waals surface area contributed by atoms with E-state index < -0.39 is 16.1 Å². The van der Waals surface area contributed by atoms with Crippen molar-refractivity contribution < 1.29 is 22.4 Å². The maximum absolute atomic E-state index is 13.4. The lowest BCUT2D eigenvalue weighted by Gasteiger charge is -2.29. The van der Waals surface area contributed by atoms with Gasteiger partial charge in [-0.15, -0.1) is 0 Å². The summed E-state index contributed by atoms with van der Waals surface area (Å²) in [5.74, 6) is 0.144. The van der Waals surface area contributed by atoms with E-state index in [1.54, 1.807) is 60.4 Å². The summed E-state index contributed by atoms with van der Waals surface area (Å²) in [5, 5.41) is 3.41. The first kappa shape index (κ1) is 27.9. The minimum absolute atomic E-state index is 0.168. The Labute approximate surface area is 228 Å². The van der Waals surface area contributed by atoms with Crippen molar-refractivity contribution in [2.24, 2.45) is 0 Å². The fourth-order valence-electron chi connectivity index (χ4n) is 4.40. The Balaban J connectivity index is 1.42. The smallest absolute Gasteiger partial charge is 0.243 e. The lowest BCUT2D eigenvalue weighted by molar-refractivity contribution is -0.140. The number of aryl methyl sites for hydroxylation is 1. The molecule has 0 aliphatic carbocycles. The van der Waals surface area contributed by atoms with Crippen molar-refractivity contribution >= 4 is 33.4 Å². The van der Waals surface area contributed by atoms with Crippen LogP contribution in [0, 0.1) is 0 Å². The van der Waals surface area contributed by atoms with Crippen LogP contribution in [-0.2, 0) is 39.1 Å². The quantitative estimate of drug-likeness (QED) is 0.377. The van der Waals surface area contributed by atoms with Crippen LogP contribution in [0.3, 0.4) is 0 Å². The number of sulfonamides is 1. The van der Waals surface area contributed by atoms with Gasteiger partial charge in [0.25, 0.3) is 0 Å². The zero-order valence-electron chi connectivity index (χ0n) is 21.3. The molecule has 0 radical (unpaired) electrons. The van der Waals surface area contributed by atoms with Gasteiger partial charge in [0.2, 0.25) is 21.8 Å². The average Bonchev–Trinajstić information content (AvgIpc) is 3.65. The molecule has 202 valence electrons. The third-order valence-corrected chi connectivity index (χ3v) is 8.87. The molecule has 0 spiro atoms. The SMILES string of the molecule is C[C@@H](C(=O)NCc1ccco1)N(Cc1ccc(Cl)cc1)C(=O)CCc1ccc(S(=O)(=O)N2CCCC2)cc1. The summed E-state index contributed by atoms with van der Waals surface area (Å²) in [5.41, 5.74) is 1.70. The van der Waals surface area contributed by atoms with E-state index in [0.717, 1.165) is 24.0 Å². The summed E-state index contributed by atoms with van der Waals surface area (Å²) in [6, 6.07) is 16.6. The Hall–Kier alpha value is -3.14. The Morgan fingerprint density at radius 3 is 2.32 bits per heavy atom. The molecule has 2 amide bonds. The molecule has 3 aromatic rings. The topological polar surface area (TPSA) is 99.9 Å². The number of carbonyl (C=O) groups is 2. The van der Waals surface area contributed by atoms with E-state index in [9.17, 15) is 18.0 Å². The van der Waals surface area contributed by atoms with E-state index >= 15 is 0 Å². The van der Waals surface area contributed by atoms with Crippen molar-refractivity contribution in [3.63, 3.8) is 0 Å². The zero-order chi connectivity index (χ0) is 27.1. The second-order valence-electron chi connectivity index (χ2n) is 9.38. The minimum atomic E-state index is -3.48. The zero-order valence-corrected chi connectivity index (χ0v) is 22.9. The molecule has 0 unspecified atom stereocenters. The van der Waals surface area contributed by atoms with Crippen molar-refractivity contribution in [1.29, 1.82) is 0 Å². The monoisotopic (exact) mass is 557 g/mol. The van der Waals surface area contributed by atoms with Gasteiger partial charge < -0.3 is 14.6 Å². The second kappa shape index (κ2) is 12.6. The van der Waals surface area contributed by atoms with Gasteiger partial charge >= 0.3 is 0 Å². The fourth-order valence-corrected chi connectivity index (χ4v) is 6.05. The van der Waals surface area contributed by atoms with Crippen molar-refractivity contribution in [2.45, 2.75) is 56.6 Å². The predicted octanol–water partition coefficient (Wildman–Crippen LogP) is 4.38. The molecule has 1 aliphatic rings. The fraction of sp³-hybridized carbons (Fsp3) is 0.357. The lowest BCUT2D eigenvalue weighted by Crippen LogP contribution is -2.47. The van der Waals surface area contributed by atoms with E-state index in [-0.39, 0.29) is 36.2 Å². The minimum Gasteiger partial charge on any atom is -0.467 e.